The van der Waals surface area contributed by atoms with Crippen molar-refractivity contribution in [3.8, 4) is 0 Å². The maximum absolute atomic E-state index is 7.17. The van der Waals surface area contributed by atoms with Crippen LogP contribution >= 0.6 is 23.1 Å². The standard InChI is InChI=1S/C14H20S2.BH3O3/c1-2-3-4-5-9-14(10-7-12-16-14)13-8-6-11-15-13;2-1(3)4/h6-8,11-12H,2-5,9-10H2,1H3;2-4H. The van der Waals surface area contributed by atoms with Crippen molar-refractivity contribution in [1.29, 1.82) is 0 Å². The lowest BCUT2D eigenvalue weighted by Crippen LogP contribution is -2.16. The lowest BCUT2D eigenvalue weighted by molar-refractivity contribution is 0.278. The van der Waals surface area contributed by atoms with Crippen molar-refractivity contribution in [2.45, 2.75) is 50.2 Å². The van der Waals surface area contributed by atoms with Gasteiger partial charge in [-0.3, -0.25) is 0 Å². The fourth-order valence-electron chi connectivity index (χ4n) is 2.28. The molecule has 1 aliphatic heterocycles. The fraction of sp³-hybridized carbons (Fsp3) is 0.571. The van der Waals surface area contributed by atoms with Crippen molar-refractivity contribution in [2.24, 2.45) is 0 Å². The van der Waals surface area contributed by atoms with Gasteiger partial charge in [-0.1, -0.05) is 44.7 Å². The molecule has 1 unspecified atom stereocenters. The summed E-state index contributed by atoms with van der Waals surface area (Å²) in [5, 5.41) is 26.0. The van der Waals surface area contributed by atoms with Crippen molar-refractivity contribution in [1.82, 2.24) is 0 Å². The highest BCUT2D eigenvalue weighted by molar-refractivity contribution is 8.03. The number of unbranched alkanes of at least 4 members (excludes halogenated alkanes) is 3. The molecule has 0 radical (unpaired) electrons. The monoisotopic (exact) mass is 314 g/mol. The minimum absolute atomic E-state index is 0.391. The van der Waals surface area contributed by atoms with Crippen LogP contribution in [-0.4, -0.2) is 22.4 Å². The van der Waals surface area contributed by atoms with Crippen LogP contribution in [-0.2, 0) is 4.75 Å². The second-order valence-corrected chi connectivity index (χ2v) is 7.06. The van der Waals surface area contributed by atoms with Gasteiger partial charge in [-0.25, -0.2) is 0 Å². The van der Waals surface area contributed by atoms with E-state index in [1.807, 2.05) is 23.1 Å². The molecule has 6 heteroatoms. The molecule has 1 aliphatic rings. The summed E-state index contributed by atoms with van der Waals surface area (Å²) >= 11 is 3.96. The second kappa shape index (κ2) is 9.63. The fourth-order valence-corrected chi connectivity index (χ4v) is 4.52. The topological polar surface area (TPSA) is 60.7 Å². The smallest absolute Gasteiger partial charge is 0.402 e. The van der Waals surface area contributed by atoms with E-state index in [1.165, 1.54) is 38.5 Å². The van der Waals surface area contributed by atoms with Gasteiger partial charge < -0.3 is 15.1 Å². The van der Waals surface area contributed by atoms with Gasteiger partial charge in [0.1, 0.15) is 0 Å². The van der Waals surface area contributed by atoms with Gasteiger partial charge >= 0.3 is 7.32 Å². The van der Waals surface area contributed by atoms with E-state index in [4.69, 9.17) is 15.1 Å². The van der Waals surface area contributed by atoms with Gasteiger partial charge in [0, 0.05) is 4.88 Å². The molecule has 0 bridgehead atoms. The van der Waals surface area contributed by atoms with Gasteiger partial charge in [0.15, 0.2) is 0 Å². The average molecular weight is 314 g/mol. The molecule has 2 rings (SSSR count). The lowest BCUT2D eigenvalue weighted by Gasteiger charge is -2.27. The van der Waals surface area contributed by atoms with Gasteiger partial charge in [-0.05, 0) is 29.7 Å². The Bertz CT molecular complexity index is 369. The van der Waals surface area contributed by atoms with Crippen LogP contribution in [0.25, 0.3) is 0 Å². The molecule has 3 nitrogen and oxygen atoms in total. The number of hydrogen-bond donors (Lipinski definition) is 3. The van der Waals surface area contributed by atoms with E-state index in [9.17, 15) is 0 Å². The summed E-state index contributed by atoms with van der Waals surface area (Å²) < 4.78 is 0.391. The molecular formula is C14H23BO3S2. The van der Waals surface area contributed by atoms with E-state index in [0.29, 0.717) is 4.75 Å². The Labute approximate surface area is 129 Å². The highest BCUT2D eigenvalue weighted by atomic mass is 32.2. The Balaban J connectivity index is 0.000000444. The molecule has 1 aromatic heterocycles. The van der Waals surface area contributed by atoms with Crippen molar-refractivity contribution < 1.29 is 15.1 Å². The minimum atomic E-state index is -2.17. The summed E-state index contributed by atoms with van der Waals surface area (Å²) in [5.41, 5.74) is 0. The van der Waals surface area contributed by atoms with Crippen LogP contribution < -0.4 is 0 Å². The first kappa shape index (κ1) is 17.8. The molecule has 1 aromatic rings. The van der Waals surface area contributed by atoms with Gasteiger partial charge in [0.25, 0.3) is 0 Å². The van der Waals surface area contributed by atoms with Gasteiger partial charge in [0.05, 0.1) is 4.75 Å². The van der Waals surface area contributed by atoms with E-state index in [2.05, 4.69) is 35.9 Å². The zero-order valence-corrected chi connectivity index (χ0v) is 13.5. The molecule has 0 saturated carbocycles. The zero-order chi connectivity index (χ0) is 14.8. The third kappa shape index (κ3) is 6.02. The minimum Gasteiger partial charge on any atom is -0.402 e. The SMILES string of the molecule is CCCCCCC1(c2cccs2)CC=CS1.OB(O)O. The second-order valence-electron chi connectivity index (χ2n) is 4.82. The Morgan fingerprint density at radius 2 is 2.00 bits per heavy atom. The molecule has 1 atom stereocenters. The van der Waals surface area contributed by atoms with Crippen molar-refractivity contribution in [2.75, 3.05) is 0 Å². The van der Waals surface area contributed by atoms with Crippen molar-refractivity contribution in [3.05, 3.63) is 33.9 Å². The lowest BCUT2D eigenvalue weighted by atomic mass is 9.95. The summed E-state index contributed by atoms with van der Waals surface area (Å²) in [5.74, 6) is 0. The van der Waals surface area contributed by atoms with Crippen molar-refractivity contribution >= 4 is 30.4 Å². The summed E-state index contributed by atoms with van der Waals surface area (Å²) in [6, 6.07) is 4.50. The Kier molecular flexibility index (Phi) is 8.57. The predicted octanol–water partition coefficient (Wildman–Crippen LogP) is 3.51. The van der Waals surface area contributed by atoms with E-state index in [1.54, 1.807) is 4.88 Å². The largest absolute Gasteiger partial charge is 0.631 e. The zero-order valence-electron chi connectivity index (χ0n) is 11.9. The number of thioether (sulfide) groups is 1. The summed E-state index contributed by atoms with van der Waals surface area (Å²) in [6.07, 6.45) is 10.4. The molecule has 0 saturated heterocycles. The molecule has 2 heterocycles. The summed E-state index contributed by atoms with van der Waals surface area (Å²) in [6.45, 7) is 2.28. The normalized spacial score (nSPS) is 20.6. The molecule has 112 valence electrons. The van der Waals surface area contributed by atoms with Crippen LogP contribution in [0.15, 0.2) is 29.0 Å². The maximum atomic E-state index is 7.17. The average Bonchev–Trinajstić information content (AvgIpc) is 3.05. The van der Waals surface area contributed by atoms with Crippen LogP contribution in [0.4, 0.5) is 0 Å². The van der Waals surface area contributed by atoms with Gasteiger partial charge in [0.2, 0.25) is 0 Å². The van der Waals surface area contributed by atoms with E-state index in [-0.39, 0.29) is 0 Å². The summed E-state index contributed by atoms with van der Waals surface area (Å²) in [4.78, 5) is 1.57. The third-order valence-electron chi connectivity index (χ3n) is 3.24. The first-order valence-electron chi connectivity index (χ1n) is 7.02. The molecular weight excluding hydrogens is 291 g/mol. The molecule has 0 spiro atoms. The van der Waals surface area contributed by atoms with E-state index in [0.717, 1.165) is 0 Å². The highest BCUT2D eigenvalue weighted by Crippen LogP contribution is 2.50. The Morgan fingerprint density at radius 1 is 1.25 bits per heavy atom. The van der Waals surface area contributed by atoms with Gasteiger partial charge in [-0.2, -0.15) is 0 Å². The van der Waals surface area contributed by atoms with Crippen LogP contribution in [0.5, 0.6) is 0 Å². The maximum Gasteiger partial charge on any atom is 0.631 e. The Hall–Kier alpha value is -0.265. The quantitative estimate of drug-likeness (QED) is 0.555. The van der Waals surface area contributed by atoms with Crippen LogP contribution in [0.1, 0.15) is 50.3 Å². The van der Waals surface area contributed by atoms with E-state index >= 15 is 0 Å². The predicted molar refractivity (Wildman–Crippen MR) is 88.5 cm³/mol. The molecule has 0 aliphatic carbocycles. The number of allylic oxidation sites excluding steroid dienone is 1. The first-order chi connectivity index (χ1) is 9.60. The first-order valence-corrected chi connectivity index (χ1v) is 8.77. The Morgan fingerprint density at radius 3 is 2.50 bits per heavy atom. The highest BCUT2D eigenvalue weighted by Gasteiger charge is 2.34. The van der Waals surface area contributed by atoms with Crippen LogP contribution in [0.3, 0.4) is 0 Å². The van der Waals surface area contributed by atoms with Crippen LogP contribution in [0, 0.1) is 0 Å². The molecule has 0 fully saturated rings. The number of hydrogen-bond acceptors (Lipinski definition) is 5. The number of rotatable bonds is 6. The van der Waals surface area contributed by atoms with Crippen LogP contribution in [0.2, 0.25) is 0 Å². The van der Waals surface area contributed by atoms with Gasteiger partial charge in [-0.15, -0.1) is 23.1 Å². The third-order valence-corrected chi connectivity index (χ3v) is 5.82. The molecule has 3 N–H and O–H groups in total. The summed E-state index contributed by atoms with van der Waals surface area (Å²) in [7, 11) is -2.17. The molecule has 0 aromatic carbocycles. The number of thiophene rings is 1. The molecule has 0 amide bonds. The van der Waals surface area contributed by atoms with E-state index < -0.39 is 7.32 Å². The molecule has 20 heavy (non-hydrogen) atoms. The van der Waals surface area contributed by atoms with Crippen molar-refractivity contribution in [3.63, 3.8) is 0 Å².